The molecule has 0 aliphatic carbocycles. The lowest BCUT2D eigenvalue weighted by atomic mass is 10.1. The maximum atomic E-state index is 12.0. The van der Waals surface area contributed by atoms with Crippen LogP contribution in [0.15, 0.2) is 34.3 Å². The molecule has 6 nitrogen and oxygen atoms in total. The molecule has 114 valence electrons. The minimum absolute atomic E-state index is 0.0160. The summed E-state index contributed by atoms with van der Waals surface area (Å²) < 4.78 is 28.7. The molecule has 1 amide bonds. The Kier molecular flexibility index (Phi) is 4.62. The fourth-order valence-electron chi connectivity index (χ4n) is 2.02. The molecule has 1 aromatic rings. The van der Waals surface area contributed by atoms with Gasteiger partial charge in [-0.3, -0.25) is 9.08 Å². The number of carbonyl (C=O) groups excluding carboxylic acids is 1. The maximum Gasteiger partial charge on any atom is 0.358 e. The molecule has 0 radical (unpaired) electrons. The van der Waals surface area contributed by atoms with Crippen LogP contribution in [0.4, 0.5) is 0 Å². The molecule has 0 unspecified atom stereocenters. The van der Waals surface area contributed by atoms with E-state index in [0.717, 1.165) is 5.56 Å². The van der Waals surface area contributed by atoms with Gasteiger partial charge in [-0.25, -0.2) is 0 Å². The van der Waals surface area contributed by atoms with E-state index in [0.29, 0.717) is 31.6 Å². The van der Waals surface area contributed by atoms with Gasteiger partial charge in [0.1, 0.15) is 4.90 Å². The lowest BCUT2D eigenvalue weighted by Gasteiger charge is -2.25. The first-order valence-electron chi connectivity index (χ1n) is 6.70. The summed E-state index contributed by atoms with van der Waals surface area (Å²) in [7, 11) is -3.87. The van der Waals surface area contributed by atoms with Crippen molar-refractivity contribution in [2.24, 2.45) is 5.16 Å². The van der Waals surface area contributed by atoms with E-state index >= 15 is 0 Å². The van der Waals surface area contributed by atoms with Crippen LogP contribution in [0.3, 0.4) is 0 Å². The van der Waals surface area contributed by atoms with Crippen LogP contribution in [-0.2, 0) is 19.2 Å². The third-order valence-electron chi connectivity index (χ3n) is 3.36. The molecule has 1 heterocycles. The van der Waals surface area contributed by atoms with Crippen molar-refractivity contribution in [1.82, 2.24) is 4.90 Å². The van der Waals surface area contributed by atoms with Crippen molar-refractivity contribution in [2.75, 3.05) is 13.1 Å². The van der Waals surface area contributed by atoms with Crippen LogP contribution in [-0.4, -0.2) is 38.0 Å². The highest BCUT2D eigenvalue weighted by atomic mass is 32.2. The van der Waals surface area contributed by atoms with Gasteiger partial charge < -0.3 is 4.90 Å². The number of oxime groups is 1. The van der Waals surface area contributed by atoms with E-state index in [9.17, 15) is 13.2 Å². The number of aryl methyl sites for hydroxylation is 1. The van der Waals surface area contributed by atoms with Gasteiger partial charge in [-0.2, -0.15) is 8.42 Å². The summed E-state index contributed by atoms with van der Waals surface area (Å²) in [6.07, 6.45) is 1.06. The lowest BCUT2D eigenvalue weighted by Crippen LogP contribution is -2.37. The molecule has 1 aromatic carbocycles. The van der Waals surface area contributed by atoms with Gasteiger partial charge in [0.2, 0.25) is 5.91 Å². The van der Waals surface area contributed by atoms with Gasteiger partial charge in [-0.1, -0.05) is 22.9 Å². The van der Waals surface area contributed by atoms with Crippen LogP contribution in [0, 0.1) is 6.92 Å². The van der Waals surface area contributed by atoms with E-state index in [-0.39, 0.29) is 10.8 Å². The van der Waals surface area contributed by atoms with Crippen LogP contribution < -0.4 is 0 Å². The summed E-state index contributed by atoms with van der Waals surface area (Å²) in [6, 6.07) is 6.38. The van der Waals surface area contributed by atoms with Crippen molar-refractivity contribution in [1.29, 1.82) is 0 Å². The van der Waals surface area contributed by atoms with Crippen LogP contribution in [0.2, 0.25) is 0 Å². The minimum atomic E-state index is -3.87. The highest BCUT2D eigenvalue weighted by Crippen LogP contribution is 2.15. The Bertz CT molecular complexity index is 640. The summed E-state index contributed by atoms with van der Waals surface area (Å²) >= 11 is 0. The second-order valence-electron chi connectivity index (χ2n) is 5.01. The van der Waals surface area contributed by atoms with Crippen LogP contribution in [0.5, 0.6) is 0 Å². The Morgan fingerprint density at radius 2 is 1.76 bits per heavy atom. The molecular weight excluding hydrogens is 292 g/mol. The minimum Gasteiger partial charge on any atom is -0.342 e. The molecule has 0 spiro atoms. The average molecular weight is 310 g/mol. The largest absolute Gasteiger partial charge is 0.358 e. The number of likely N-dealkylation sites (tertiary alicyclic amines) is 1. The third kappa shape index (κ3) is 4.04. The van der Waals surface area contributed by atoms with E-state index in [1.165, 1.54) is 19.1 Å². The molecule has 0 aromatic heterocycles. The molecule has 1 aliphatic rings. The number of nitrogens with zero attached hydrogens (tertiary/aromatic N) is 2. The molecule has 1 aliphatic heterocycles. The Hall–Kier alpha value is -1.89. The number of piperidine rings is 1. The van der Waals surface area contributed by atoms with Crippen LogP contribution in [0.1, 0.15) is 25.3 Å². The molecular formula is C14H18N2O4S. The number of hydrogen-bond acceptors (Lipinski definition) is 5. The predicted molar refractivity (Wildman–Crippen MR) is 78.4 cm³/mol. The van der Waals surface area contributed by atoms with E-state index in [1.54, 1.807) is 17.0 Å². The Morgan fingerprint density at radius 3 is 2.29 bits per heavy atom. The van der Waals surface area contributed by atoms with Gasteiger partial charge in [0, 0.05) is 32.9 Å². The standard InChI is InChI=1S/C14H18N2O4S/c1-11-3-5-14(6-4-11)21(18,19)20-15-13-7-9-16(10-8-13)12(2)17/h3-6H,7-10H2,1-2H3. The molecule has 1 saturated heterocycles. The van der Waals surface area contributed by atoms with Gasteiger partial charge in [0.15, 0.2) is 0 Å². The zero-order chi connectivity index (χ0) is 15.5. The molecule has 0 atom stereocenters. The highest BCUT2D eigenvalue weighted by Gasteiger charge is 2.19. The third-order valence-corrected chi connectivity index (χ3v) is 4.48. The molecule has 0 N–H and O–H groups in total. The number of benzene rings is 1. The Morgan fingerprint density at radius 1 is 1.19 bits per heavy atom. The van der Waals surface area contributed by atoms with E-state index in [4.69, 9.17) is 4.28 Å². The lowest BCUT2D eigenvalue weighted by molar-refractivity contribution is -0.128. The monoisotopic (exact) mass is 310 g/mol. The van der Waals surface area contributed by atoms with Gasteiger partial charge in [-0.05, 0) is 19.1 Å². The first kappa shape index (κ1) is 15.5. The summed E-state index contributed by atoms with van der Waals surface area (Å²) in [6.45, 7) is 4.48. The quantitative estimate of drug-likeness (QED) is 0.796. The fourth-order valence-corrected chi connectivity index (χ4v) is 2.78. The first-order valence-corrected chi connectivity index (χ1v) is 8.11. The van der Waals surface area contributed by atoms with Crippen molar-refractivity contribution < 1.29 is 17.5 Å². The zero-order valence-corrected chi connectivity index (χ0v) is 12.9. The molecule has 21 heavy (non-hydrogen) atoms. The Balaban J connectivity index is 2.00. The summed E-state index contributed by atoms with van der Waals surface area (Å²) in [5, 5.41) is 3.74. The van der Waals surface area contributed by atoms with Crippen LogP contribution >= 0.6 is 0 Å². The Labute approximate surface area is 124 Å². The number of hydrogen-bond donors (Lipinski definition) is 0. The second-order valence-corrected chi connectivity index (χ2v) is 6.53. The van der Waals surface area contributed by atoms with Crippen LogP contribution in [0.25, 0.3) is 0 Å². The number of rotatable bonds is 3. The fraction of sp³-hybridized carbons (Fsp3) is 0.429. The summed E-state index contributed by atoms with van der Waals surface area (Å²) in [5.41, 5.74) is 1.63. The smallest absolute Gasteiger partial charge is 0.342 e. The van der Waals surface area contributed by atoms with Gasteiger partial charge in [0.25, 0.3) is 0 Å². The zero-order valence-electron chi connectivity index (χ0n) is 12.1. The maximum absolute atomic E-state index is 12.0. The van der Waals surface area contributed by atoms with Crippen molar-refractivity contribution in [3.63, 3.8) is 0 Å². The van der Waals surface area contributed by atoms with Crippen molar-refractivity contribution >= 4 is 21.7 Å². The summed E-state index contributed by atoms with van der Waals surface area (Å²) in [5.74, 6) is 0.0160. The molecule has 2 rings (SSSR count). The number of amides is 1. The van der Waals surface area contributed by atoms with E-state index in [1.807, 2.05) is 6.92 Å². The molecule has 0 saturated carbocycles. The highest BCUT2D eigenvalue weighted by molar-refractivity contribution is 7.86. The molecule has 7 heteroatoms. The van der Waals surface area contributed by atoms with Crippen molar-refractivity contribution in [3.05, 3.63) is 29.8 Å². The van der Waals surface area contributed by atoms with Gasteiger partial charge >= 0.3 is 10.1 Å². The topological polar surface area (TPSA) is 76.0 Å². The number of carbonyl (C=O) groups is 1. The van der Waals surface area contributed by atoms with Crippen molar-refractivity contribution in [2.45, 2.75) is 31.6 Å². The normalized spacial score (nSPS) is 15.7. The average Bonchev–Trinajstić information content (AvgIpc) is 2.46. The summed E-state index contributed by atoms with van der Waals surface area (Å²) in [4.78, 5) is 13.0. The van der Waals surface area contributed by atoms with E-state index in [2.05, 4.69) is 5.16 Å². The first-order chi connectivity index (χ1) is 9.88. The molecule has 1 fully saturated rings. The van der Waals surface area contributed by atoms with Gasteiger partial charge in [-0.15, -0.1) is 0 Å². The van der Waals surface area contributed by atoms with E-state index < -0.39 is 10.1 Å². The predicted octanol–water partition coefficient (Wildman–Crippen LogP) is 1.70. The SMILES string of the molecule is CC(=O)N1CCC(=NOS(=O)(=O)c2ccc(C)cc2)CC1. The van der Waals surface area contributed by atoms with Crippen molar-refractivity contribution in [3.8, 4) is 0 Å². The second kappa shape index (κ2) is 6.26. The van der Waals surface area contributed by atoms with Gasteiger partial charge in [0.05, 0.1) is 5.71 Å². The molecule has 0 bridgehead atoms.